The lowest BCUT2D eigenvalue weighted by Crippen LogP contribution is -2.36. The maximum atomic E-state index is 13.6. The summed E-state index contributed by atoms with van der Waals surface area (Å²) in [6.45, 7) is 0.464. The number of nitrogens with one attached hydrogen (secondary N) is 2. The first-order chi connectivity index (χ1) is 14.1. The minimum absolute atomic E-state index is 0.0726. The van der Waals surface area contributed by atoms with Crippen LogP contribution < -0.4 is 10.6 Å². The van der Waals surface area contributed by atoms with Crippen LogP contribution in [0.15, 0.2) is 36.4 Å². The number of anilines is 1. The number of nitrogens with zero attached hydrogens (tertiary/aromatic N) is 1. The van der Waals surface area contributed by atoms with Crippen molar-refractivity contribution in [3.63, 3.8) is 0 Å². The molecule has 0 bridgehead atoms. The van der Waals surface area contributed by atoms with Crippen LogP contribution in [0, 0.1) is 27.6 Å². The van der Waals surface area contributed by atoms with E-state index < -0.39 is 58.5 Å². The molecular weight excluding hydrogens is 411 g/mol. The average molecular weight is 425 g/mol. The Balaban J connectivity index is 1.89. The van der Waals surface area contributed by atoms with E-state index in [1.165, 1.54) is 18.2 Å². The van der Waals surface area contributed by atoms with Crippen LogP contribution in [0.1, 0.15) is 17.3 Å². The molecule has 2 amide bonds. The molecule has 0 aromatic heterocycles. The number of nitro benzene ring substituents is 1. The van der Waals surface area contributed by atoms with E-state index in [-0.39, 0.29) is 11.3 Å². The molecule has 0 saturated carbocycles. The van der Waals surface area contributed by atoms with Crippen molar-refractivity contribution in [1.82, 2.24) is 5.32 Å². The average Bonchev–Trinajstić information content (AvgIpc) is 2.72. The first-order valence-electron chi connectivity index (χ1n) is 8.26. The maximum absolute atomic E-state index is 13.6. The Kier molecular flexibility index (Phi) is 7.07. The van der Waals surface area contributed by atoms with Crippen molar-refractivity contribution in [3.05, 3.63) is 69.5 Å². The lowest BCUT2D eigenvalue weighted by Gasteiger charge is -2.14. The zero-order chi connectivity index (χ0) is 22.4. The second-order valence-corrected chi connectivity index (χ2v) is 5.83. The number of amides is 2. The van der Waals surface area contributed by atoms with E-state index in [4.69, 9.17) is 4.74 Å². The number of halogens is 3. The highest BCUT2D eigenvalue weighted by atomic mass is 19.2. The molecule has 0 heterocycles. The third kappa shape index (κ3) is 5.53. The second-order valence-electron chi connectivity index (χ2n) is 5.83. The van der Waals surface area contributed by atoms with Crippen LogP contribution in [0.4, 0.5) is 24.5 Å². The van der Waals surface area contributed by atoms with Gasteiger partial charge in [0.1, 0.15) is 6.54 Å². The molecule has 0 fully saturated rings. The smallest absolute Gasteiger partial charge is 0.326 e. The molecule has 2 aromatic rings. The number of rotatable bonds is 7. The number of nitro groups is 1. The number of carbonyl (C=O) groups excluding carboxylic acids is 3. The summed E-state index contributed by atoms with van der Waals surface area (Å²) in [5, 5.41) is 14.8. The van der Waals surface area contributed by atoms with Gasteiger partial charge in [-0.05, 0) is 25.1 Å². The number of hydrogen-bond donors (Lipinski definition) is 2. The predicted molar refractivity (Wildman–Crippen MR) is 95.9 cm³/mol. The summed E-state index contributed by atoms with van der Waals surface area (Å²) >= 11 is 0. The zero-order valence-electron chi connectivity index (χ0n) is 15.3. The minimum atomic E-state index is -1.78. The molecule has 0 unspecified atom stereocenters. The van der Waals surface area contributed by atoms with Gasteiger partial charge in [0.05, 0.1) is 10.6 Å². The fourth-order valence-corrected chi connectivity index (χ4v) is 2.16. The van der Waals surface area contributed by atoms with E-state index in [0.29, 0.717) is 6.07 Å². The molecule has 0 aliphatic rings. The predicted octanol–water partition coefficient (Wildman–Crippen LogP) is 2.31. The van der Waals surface area contributed by atoms with Gasteiger partial charge >= 0.3 is 5.97 Å². The van der Waals surface area contributed by atoms with Crippen LogP contribution >= 0.6 is 0 Å². The molecule has 2 rings (SSSR count). The molecule has 0 saturated heterocycles. The highest BCUT2D eigenvalue weighted by molar-refractivity contribution is 5.97. The molecule has 2 N–H and O–H groups in total. The van der Waals surface area contributed by atoms with Gasteiger partial charge in [0, 0.05) is 17.7 Å². The first-order valence-corrected chi connectivity index (χ1v) is 8.26. The van der Waals surface area contributed by atoms with Crippen molar-refractivity contribution in [2.45, 2.75) is 13.0 Å². The number of esters is 1. The molecule has 0 aliphatic carbocycles. The number of benzene rings is 2. The summed E-state index contributed by atoms with van der Waals surface area (Å²) < 4.78 is 44.4. The minimum Gasteiger partial charge on any atom is -0.451 e. The Morgan fingerprint density at radius 2 is 1.83 bits per heavy atom. The van der Waals surface area contributed by atoms with E-state index in [0.717, 1.165) is 19.1 Å². The van der Waals surface area contributed by atoms with Gasteiger partial charge in [-0.25, -0.2) is 13.2 Å². The third-order valence-corrected chi connectivity index (χ3v) is 3.68. The van der Waals surface area contributed by atoms with Crippen molar-refractivity contribution >= 4 is 29.2 Å². The van der Waals surface area contributed by atoms with Crippen LogP contribution in [0.25, 0.3) is 0 Å². The van der Waals surface area contributed by atoms with E-state index >= 15 is 0 Å². The fraction of sp³-hybridized carbons (Fsp3) is 0.167. The molecule has 2 aromatic carbocycles. The van der Waals surface area contributed by atoms with Gasteiger partial charge in [-0.2, -0.15) is 0 Å². The number of non-ortho nitro benzene ring substituents is 1. The monoisotopic (exact) mass is 425 g/mol. The molecule has 0 aliphatic heterocycles. The molecule has 12 heteroatoms. The van der Waals surface area contributed by atoms with Crippen LogP contribution in [-0.2, 0) is 14.3 Å². The van der Waals surface area contributed by atoms with E-state index in [2.05, 4.69) is 5.32 Å². The van der Waals surface area contributed by atoms with Gasteiger partial charge in [-0.15, -0.1) is 0 Å². The van der Waals surface area contributed by atoms with E-state index in [1.54, 1.807) is 0 Å². The lowest BCUT2D eigenvalue weighted by atomic mass is 10.2. The Labute approximate surface area is 167 Å². The van der Waals surface area contributed by atoms with Gasteiger partial charge in [0.15, 0.2) is 23.6 Å². The molecule has 0 radical (unpaired) electrons. The van der Waals surface area contributed by atoms with Crippen molar-refractivity contribution in [2.75, 3.05) is 11.9 Å². The van der Waals surface area contributed by atoms with Crippen LogP contribution in [0.5, 0.6) is 0 Å². The third-order valence-electron chi connectivity index (χ3n) is 3.68. The Morgan fingerprint density at radius 3 is 2.50 bits per heavy atom. The van der Waals surface area contributed by atoms with Crippen molar-refractivity contribution in [2.24, 2.45) is 0 Å². The number of ether oxygens (including phenoxy) is 1. The standard InChI is InChI=1S/C18H14F3N3O6/c1-9(17(26)23-13-6-5-12(19)15(20)16(13)21)30-14(25)8-22-18(27)10-3-2-4-11(7-10)24(28)29/h2-7,9H,8H2,1H3,(H,22,27)(H,23,26)/t9-/m1/s1. The molecular formula is C18H14F3N3O6. The van der Waals surface area contributed by atoms with Crippen molar-refractivity contribution in [1.29, 1.82) is 0 Å². The van der Waals surface area contributed by atoms with Gasteiger partial charge in [0.25, 0.3) is 17.5 Å². The van der Waals surface area contributed by atoms with E-state index in [9.17, 15) is 37.7 Å². The normalized spacial score (nSPS) is 11.3. The molecule has 158 valence electrons. The summed E-state index contributed by atoms with van der Waals surface area (Å²) in [4.78, 5) is 45.7. The summed E-state index contributed by atoms with van der Waals surface area (Å²) in [5.41, 5.74) is -1.04. The van der Waals surface area contributed by atoms with Crippen LogP contribution in [-0.4, -0.2) is 35.4 Å². The fourth-order valence-electron chi connectivity index (χ4n) is 2.16. The number of carbonyl (C=O) groups is 3. The quantitative estimate of drug-likeness (QED) is 0.303. The Hall–Kier alpha value is -3.96. The maximum Gasteiger partial charge on any atom is 0.326 e. The second kappa shape index (κ2) is 9.49. The molecule has 9 nitrogen and oxygen atoms in total. The van der Waals surface area contributed by atoms with Crippen LogP contribution in [0.3, 0.4) is 0 Å². The largest absolute Gasteiger partial charge is 0.451 e. The SMILES string of the molecule is C[C@@H](OC(=O)CNC(=O)c1cccc([N+](=O)[O-])c1)C(=O)Nc1ccc(F)c(F)c1F. The first kappa shape index (κ1) is 22.3. The summed E-state index contributed by atoms with van der Waals surface area (Å²) in [6, 6.07) is 6.16. The van der Waals surface area contributed by atoms with Crippen molar-refractivity contribution < 1.29 is 37.2 Å². The summed E-state index contributed by atoms with van der Waals surface area (Å²) in [5.74, 6) is -7.70. The molecule has 1 atom stereocenters. The van der Waals surface area contributed by atoms with Crippen LogP contribution in [0.2, 0.25) is 0 Å². The van der Waals surface area contributed by atoms with Gasteiger partial charge < -0.3 is 15.4 Å². The topological polar surface area (TPSA) is 128 Å². The van der Waals surface area contributed by atoms with Gasteiger partial charge in [0.2, 0.25) is 0 Å². The highest BCUT2D eigenvalue weighted by Gasteiger charge is 2.22. The van der Waals surface area contributed by atoms with Gasteiger partial charge in [-0.3, -0.25) is 24.5 Å². The highest BCUT2D eigenvalue weighted by Crippen LogP contribution is 2.20. The summed E-state index contributed by atoms with van der Waals surface area (Å²) in [6.07, 6.45) is -1.46. The van der Waals surface area contributed by atoms with Crippen molar-refractivity contribution in [3.8, 4) is 0 Å². The Bertz CT molecular complexity index is 1010. The zero-order valence-corrected chi connectivity index (χ0v) is 15.3. The van der Waals surface area contributed by atoms with Gasteiger partial charge in [-0.1, -0.05) is 6.07 Å². The lowest BCUT2D eigenvalue weighted by molar-refractivity contribution is -0.384. The van der Waals surface area contributed by atoms with E-state index in [1.807, 2.05) is 5.32 Å². The molecule has 30 heavy (non-hydrogen) atoms. The molecule has 0 spiro atoms. The number of hydrogen-bond acceptors (Lipinski definition) is 6. The Morgan fingerprint density at radius 1 is 1.13 bits per heavy atom. The summed E-state index contributed by atoms with van der Waals surface area (Å²) in [7, 11) is 0.